The predicted octanol–water partition coefficient (Wildman–Crippen LogP) is 3.05. The number of hydrogen-bond acceptors (Lipinski definition) is 3. The van der Waals surface area contributed by atoms with Crippen LogP contribution in [0.1, 0.15) is 59.8 Å². The molecule has 0 spiro atoms. The number of nitrogens with zero attached hydrogens (tertiary/aromatic N) is 2. The van der Waals surface area contributed by atoms with Crippen molar-refractivity contribution in [2.24, 2.45) is 22.2 Å². The highest BCUT2D eigenvalue weighted by Crippen LogP contribution is 2.27. The zero-order chi connectivity index (χ0) is 14.5. The Hall–Kier alpha value is -0.770. The third-order valence-electron chi connectivity index (χ3n) is 4.27. The van der Waals surface area contributed by atoms with E-state index >= 15 is 0 Å². The molecule has 0 saturated heterocycles. The Balaban J connectivity index is 2.57. The Kier molecular flexibility index (Phi) is 6.11. The van der Waals surface area contributed by atoms with Crippen LogP contribution in [0.25, 0.3) is 0 Å². The lowest BCUT2D eigenvalue weighted by atomic mass is 9.87. The van der Waals surface area contributed by atoms with Gasteiger partial charge in [0.15, 0.2) is 0 Å². The first-order valence-electron chi connectivity index (χ1n) is 7.59. The largest absolute Gasteiger partial charge is 0.409 e. The maximum absolute atomic E-state index is 8.84. The average molecular weight is 269 g/mol. The molecule has 0 aliphatic heterocycles. The summed E-state index contributed by atoms with van der Waals surface area (Å²) in [5.74, 6) is 1.02. The van der Waals surface area contributed by atoms with Gasteiger partial charge in [-0.15, -0.1) is 0 Å². The molecule has 0 heterocycles. The molecule has 4 nitrogen and oxygen atoms in total. The van der Waals surface area contributed by atoms with Crippen molar-refractivity contribution in [2.45, 2.75) is 65.8 Å². The SMILES string of the molecule is CC(C)CN(CCC(C)(C)C(N)=NO)C1CCCC1. The van der Waals surface area contributed by atoms with Crippen LogP contribution >= 0.6 is 0 Å². The Bertz CT molecular complexity index is 294. The van der Waals surface area contributed by atoms with Crippen molar-refractivity contribution in [1.82, 2.24) is 4.90 Å². The van der Waals surface area contributed by atoms with Gasteiger partial charge in [-0.25, -0.2) is 0 Å². The van der Waals surface area contributed by atoms with Crippen molar-refractivity contribution in [1.29, 1.82) is 0 Å². The maximum Gasteiger partial charge on any atom is 0.144 e. The normalized spacial score (nSPS) is 18.7. The monoisotopic (exact) mass is 269 g/mol. The summed E-state index contributed by atoms with van der Waals surface area (Å²) in [7, 11) is 0. The van der Waals surface area contributed by atoms with Crippen LogP contribution in [-0.2, 0) is 0 Å². The molecule has 0 amide bonds. The fourth-order valence-electron chi connectivity index (χ4n) is 2.85. The van der Waals surface area contributed by atoms with Gasteiger partial charge in [0.1, 0.15) is 5.84 Å². The van der Waals surface area contributed by atoms with Gasteiger partial charge in [0.05, 0.1) is 0 Å². The van der Waals surface area contributed by atoms with Crippen LogP contribution in [0.4, 0.5) is 0 Å². The highest BCUT2D eigenvalue weighted by Gasteiger charge is 2.28. The number of nitrogens with two attached hydrogens (primary N) is 1. The molecule has 1 saturated carbocycles. The molecule has 4 heteroatoms. The minimum atomic E-state index is -0.234. The van der Waals surface area contributed by atoms with E-state index < -0.39 is 0 Å². The van der Waals surface area contributed by atoms with E-state index in [1.54, 1.807) is 0 Å². The zero-order valence-electron chi connectivity index (χ0n) is 13.0. The molecular formula is C15H31N3O. The molecule has 3 N–H and O–H groups in total. The number of hydrogen-bond donors (Lipinski definition) is 2. The standard InChI is InChI=1S/C15H31N3O/c1-12(2)11-18(13-7-5-6-8-13)10-9-15(3,4)14(16)17-19/h12-13,19H,5-11H2,1-4H3,(H2,16,17). The Morgan fingerprint density at radius 1 is 1.37 bits per heavy atom. The molecule has 0 aromatic rings. The third kappa shape index (κ3) is 5.01. The molecule has 0 aromatic heterocycles. The number of rotatable bonds is 7. The Labute approximate surface area is 118 Å². The van der Waals surface area contributed by atoms with Crippen LogP contribution in [0.5, 0.6) is 0 Å². The molecule has 1 rings (SSSR count). The molecule has 0 radical (unpaired) electrons. The smallest absolute Gasteiger partial charge is 0.144 e. The van der Waals surface area contributed by atoms with E-state index in [1.165, 1.54) is 25.7 Å². The van der Waals surface area contributed by atoms with Crippen molar-refractivity contribution in [2.75, 3.05) is 13.1 Å². The number of amidine groups is 1. The topological polar surface area (TPSA) is 61.8 Å². The van der Waals surface area contributed by atoms with Crippen molar-refractivity contribution in [3.05, 3.63) is 0 Å². The van der Waals surface area contributed by atoms with Crippen molar-refractivity contribution in [3.8, 4) is 0 Å². The van der Waals surface area contributed by atoms with E-state index in [0.717, 1.165) is 25.6 Å². The van der Waals surface area contributed by atoms with Gasteiger partial charge in [-0.05, 0) is 31.7 Å². The summed E-state index contributed by atoms with van der Waals surface area (Å²) in [5.41, 5.74) is 5.54. The highest BCUT2D eigenvalue weighted by atomic mass is 16.4. The molecule has 0 atom stereocenters. The van der Waals surface area contributed by atoms with Gasteiger partial charge in [-0.3, -0.25) is 0 Å². The van der Waals surface area contributed by atoms with Gasteiger partial charge in [0, 0.05) is 18.0 Å². The zero-order valence-corrected chi connectivity index (χ0v) is 13.0. The van der Waals surface area contributed by atoms with Crippen LogP contribution in [0, 0.1) is 11.3 Å². The Morgan fingerprint density at radius 3 is 2.42 bits per heavy atom. The van der Waals surface area contributed by atoms with Crippen LogP contribution in [0.2, 0.25) is 0 Å². The van der Waals surface area contributed by atoms with Crippen molar-refractivity contribution >= 4 is 5.84 Å². The summed E-state index contributed by atoms with van der Waals surface area (Å²) in [6.07, 6.45) is 6.32. The second-order valence-electron chi connectivity index (χ2n) is 6.95. The maximum atomic E-state index is 8.84. The average Bonchev–Trinajstić information content (AvgIpc) is 2.86. The van der Waals surface area contributed by atoms with Crippen LogP contribution < -0.4 is 5.73 Å². The van der Waals surface area contributed by atoms with E-state index in [2.05, 4.69) is 23.9 Å². The molecule has 0 bridgehead atoms. The van der Waals surface area contributed by atoms with E-state index in [0.29, 0.717) is 11.8 Å². The van der Waals surface area contributed by atoms with Crippen LogP contribution in [0.3, 0.4) is 0 Å². The fraction of sp³-hybridized carbons (Fsp3) is 0.933. The molecular weight excluding hydrogens is 238 g/mol. The van der Waals surface area contributed by atoms with E-state index in [-0.39, 0.29) is 5.41 Å². The lowest BCUT2D eigenvalue weighted by Gasteiger charge is -2.33. The molecule has 1 aliphatic rings. The molecule has 1 fully saturated rings. The van der Waals surface area contributed by atoms with Gasteiger partial charge in [-0.2, -0.15) is 0 Å². The van der Waals surface area contributed by atoms with Crippen molar-refractivity contribution < 1.29 is 5.21 Å². The summed E-state index contributed by atoms with van der Waals surface area (Å²) < 4.78 is 0. The third-order valence-corrected chi connectivity index (χ3v) is 4.27. The van der Waals surface area contributed by atoms with E-state index in [4.69, 9.17) is 10.9 Å². The van der Waals surface area contributed by atoms with Gasteiger partial charge in [-0.1, -0.05) is 45.7 Å². The summed E-state index contributed by atoms with van der Waals surface area (Å²) in [5, 5.41) is 12.0. The number of oxime groups is 1. The summed E-state index contributed by atoms with van der Waals surface area (Å²) in [6.45, 7) is 10.8. The minimum absolute atomic E-state index is 0.234. The first kappa shape index (κ1) is 16.3. The van der Waals surface area contributed by atoms with Gasteiger partial charge < -0.3 is 15.8 Å². The molecule has 0 unspecified atom stereocenters. The van der Waals surface area contributed by atoms with E-state index in [1.807, 2.05) is 13.8 Å². The highest BCUT2D eigenvalue weighted by molar-refractivity contribution is 5.85. The fourth-order valence-corrected chi connectivity index (χ4v) is 2.85. The minimum Gasteiger partial charge on any atom is -0.409 e. The van der Waals surface area contributed by atoms with E-state index in [9.17, 15) is 0 Å². The molecule has 1 aliphatic carbocycles. The van der Waals surface area contributed by atoms with Crippen molar-refractivity contribution in [3.63, 3.8) is 0 Å². The van der Waals surface area contributed by atoms with Crippen LogP contribution in [-0.4, -0.2) is 35.1 Å². The second-order valence-corrected chi connectivity index (χ2v) is 6.95. The van der Waals surface area contributed by atoms with Crippen LogP contribution in [0.15, 0.2) is 5.16 Å². The summed E-state index contributed by atoms with van der Waals surface area (Å²) in [4.78, 5) is 2.62. The first-order valence-corrected chi connectivity index (χ1v) is 7.59. The predicted molar refractivity (Wildman–Crippen MR) is 80.5 cm³/mol. The molecule has 0 aromatic carbocycles. The van der Waals surface area contributed by atoms with Gasteiger partial charge in [0.25, 0.3) is 0 Å². The lowest BCUT2D eigenvalue weighted by molar-refractivity contribution is 0.161. The first-order chi connectivity index (χ1) is 8.86. The second kappa shape index (κ2) is 7.13. The molecule has 19 heavy (non-hydrogen) atoms. The molecule has 112 valence electrons. The lowest BCUT2D eigenvalue weighted by Crippen LogP contribution is -2.41. The summed E-state index contributed by atoms with van der Waals surface area (Å²) >= 11 is 0. The quantitative estimate of drug-likeness (QED) is 0.323. The Morgan fingerprint density at radius 2 is 1.95 bits per heavy atom. The van der Waals surface area contributed by atoms with Gasteiger partial charge >= 0.3 is 0 Å². The van der Waals surface area contributed by atoms with Gasteiger partial charge in [0.2, 0.25) is 0 Å². The summed E-state index contributed by atoms with van der Waals surface area (Å²) in [6, 6.07) is 0.741.